The van der Waals surface area contributed by atoms with Crippen molar-refractivity contribution in [2.75, 3.05) is 20.7 Å². The lowest BCUT2D eigenvalue weighted by Gasteiger charge is -2.23. The van der Waals surface area contributed by atoms with E-state index in [0.29, 0.717) is 0 Å². The van der Waals surface area contributed by atoms with Gasteiger partial charge in [0.2, 0.25) is 23.8 Å². The molecule has 4 aromatic heterocycles. The van der Waals surface area contributed by atoms with Crippen molar-refractivity contribution >= 4 is 22.9 Å². The Morgan fingerprint density at radius 1 is 1.07 bits per heavy atom. The summed E-state index contributed by atoms with van der Waals surface area (Å²) in [6.07, 6.45) is -5.18. The summed E-state index contributed by atoms with van der Waals surface area (Å²) in [5.74, 6) is -6.39. The molecule has 0 bridgehead atoms. The molecular formula is C29H24F4N6O6. The highest BCUT2D eigenvalue weighted by molar-refractivity contribution is 6.11. The van der Waals surface area contributed by atoms with E-state index in [1.54, 1.807) is 5.32 Å². The molecule has 0 saturated heterocycles. The SMILES string of the molecule is [2H]c1nc(C(NC(=O)c2cc(-c3cc4c(C(=O)NC)c(-c5ccc(F)cc5)oc4nc3OCC(F)(F)F)cnc2OC([2H])([2H])[2H])(C([2H])([2H])[2H])C([2H])([2H])[2H])no1. The third-order valence-electron chi connectivity index (χ3n) is 6.05. The summed E-state index contributed by atoms with van der Waals surface area (Å²) in [5.41, 5.74) is -5.88. The first-order valence-electron chi connectivity index (χ1n) is 17.3. The molecule has 0 radical (unpaired) electrons. The Labute approximate surface area is 265 Å². The van der Waals surface area contributed by atoms with Crippen LogP contribution in [0.5, 0.6) is 11.8 Å². The van der Waals surface area contributed by atoms with Gasteiger partial charge in [0, 0.05) is 38.2 Å². The number of methoxy groups -OCH3 is 1. The molecule has 5 aromatic rings. The van der Waals surface area contributed by atoms with E-state index in [1.807, 2.05) is 0 Å². The number of carbonyl (C=O) groups is 2. The zero-order chi connectivity index (χ0) is 40.9. The van der Waals surface area contributed by atoms with Crippen LogP contribution in [-0.4, -0.2) is 58.8 Å². The molecule has 0 fully saturated rings. The lowest BCUT2D eigenvalue weighted by molar-refractivity contribution is -0.154. The highest BCUT2D eigenvalue weighted by Crippen LogP contribution is 2.40. The molecule has 0 aliphatic carbocycles. The summed E-state index contributed by atoms with van der Waals surface area (Å²) < 4.78 is 153. The molecule has 0 aliphatic rings. The average molecular weight is 639 g/mol. The number of pyridine rings is 2. The Morgan fingerprint density at radius 2 is 1.84 bits per heavy atom. The predicted molar refractivity (Wildman–Crippen MR) is 149 cm³/mol. The fourth-order valence-corrected chi connectivity index (χ4v) is 4.07. The van der Waals surface area contributed by atoms with Crippen LogP contribution < -0.4 is 20.1 Å². The van der Waals surface area contributed by atoms with Crippen molar-refractivity contribution in [3.8, 4) is 34.2 Å². The van der Waals surface area contributed by atoms with E-state index in [9.17, 15) is 27.2 Å². The molecule has 12 nitrogen and oxygen atoms in total. The minimum Gasteiger partial charge on any atom is -0.480 e. The fourth-order valence-electron chi connectivity index (χ4n) is 4.07. The Hall–Kier alpha value is -5.54. The highest BCUT2D eigenvalue weighted by Gasteiger charge is 2.32. The first kappa shape index (κ1) is 20.4. The number of benzene rings is 1. The standard InChI is InChI=1S/C29H24F4N6O6/c1-28(2,27-36-13-44-39-27)38-22(40)19-9-15(11-35-24(19)42-4)17-10-18-20(23(41)34-3)21(14-5-7-16(30)8-6-14)45-26(18)37-25(17)43-12-29(31,32)33/h5-11,13H,12H2,1-4H3,(H,34,41)(H,38,40)/i1D3,2D3,4D3,13D. The van der Waals surface area contributed by atoms with Crippen LogP contribution in [0.25, 0.3) is 33.6 Å². The van der Waals surface area contributed by atoms with E-state index in [-0.39, 0.29) is 22.3 Å². The minimum atomic E-state index is -4.94. The molecule has 5 rings (SSSR count). The van der Waals surface area contributed by atoms with Crippen molar-refractivity contribution in [3.63, 3.8) is 0 Å². The smallest absolute Gasteiger partial charge is 0.422 e. The molecule has 0 saturated carbocycles. The second-order valence-electron chi connectivity index (χ2n) is 9.08. The van der Waals surface area contributed by atoms with E-state index < -0.39 is 103 Å². The number of nitrogens with zero attached hydrogens (tertiary/aromatic N) is 4. The van der Waals surface area contributed by atoms with Gasteiger partial charge in [-0.2, -0.15) is 23.1 Å². The molecule has 2 amide bonds. The summed E-state index contributed by atoms with van der Waals surface area (Å²) in [6, 6.07) is 6.39. The number of fused-ring (bicyclic) bond motifs is 1. The van der Waals surface area contributed by atoms with Gasteiger partial charge < -0.3 is 29.0 Å². The lowest BCUT2D eigenvalue weighted by atomic mass is 10.0. The molecule has 1 aromatic carbocycles. The largest absolute Gasteiger partial charge is 0.480 e. The van der Waals surface area contributed by atoms with Crippen LogP contribution in [0, 0.1) is 5.82 Å². The van der Waals surface area contributed by atoms with Crippen molar-refractivity contribution < 1.29 is 59.3 Å². The van der Waals surface area contributed by atoms with Gasteiger partial charge in [0.05, 0.1) is 27.6 Å². The zero-order valence-corrected chi connectivity index (χ0v) is 22.5. The second kappa shape index (κ2) is 11.9. The second-order valence-corrected chi connectivity index (χ2v) is 9.08. The fraction of sp³-hybridized carbons (Fsp3) is 0.241. The molecule has 2 N–H and O–H groups in total. The van der Waals surface area contributed by atoms with Crippen molar-refractivity contribution in [1.29, 1.82) is 0 Å². The molecule has 4 heterocycles. The Bertz CT molecular complexity index is 2240. The quantitative estimate of drug-likeness (QED) is 0.210. The molecule has 0 spiro atoms. The van der Waals surface area contributed by atoms with Crippen LogP contribution in [0.15, 0.2) is 57.9 Å². The summed E-state index contributed by atoms with van der Waals surface area (Å²) in [6.45, 7) is -9.39. The summed E-state index contributed by atoms with van der Waals surface area (Å²) >= 11 is 0. The number of aromatic nitrogens is 4. The van der Waals surface area contributed by atoms with Crippen LogP contribution >= 0.6 is 0 Å². The van der Waals surface area contributed by atoms with Crippen molar-refractivity contribution in [2.24, 2.45) is 0 Å². The van der Waals surface area contributed by atoms with Gasteiger partial charge in [0.15, 0.2) is 12.4 Å². The molecule has 45 heavy (non-hydrogen) atoms. The predicted octanol–water partition coefficient (Wildman–Crippen LogP) is 5.05. The molecule has 16 heteroatoms. The number of carbonyl (C=O) groups excluding carboxylic acids is 2. The van der Waals surface area contributed by atoms with E-state index in [4.69, 9.17) is 27.6 Å². The average Bonchev–Trinajstić information content (AvgIpc) is 3.66. The number of halogens is 4. The van der Waals surface area contributed by atoms with Gasteiger partial charge in [0.25, 0.3) is 11.8 Å². The van der Waals surface area contributed by atoms with Gasteiger partial charge in [-0.1, -0.05) is 5.16 Å². The van der Waals surface area contributed by atoms with Crippen molar-refractivity contribution in [3.05, 3.63) is 71.7 Å². The van der Waals surface area contributed by atoms with Gasteiger partial charge in [-0.15, -0.1) is 0 Å². The van der Waals surface area contributed by atoms with Gasteiger partial charge in [0.1, 0.15) is 18.5 Å². The third kappa shape index (κ3) is 6.39. The van der Waals surface area contributed by atoms with Gasteiger partial charge in [-0.3, -0.25) is 9.59 Å². The van der Waals surface area contributed by atoms with Gasteiger partial charge >= 0.3 is 6.18 Å². The summed E-state index contributed by atoms with van der Waals surface area (Å²) in [7, 11) is -2.08. The molecule has 0 aliphatic heterocycles. The maximum atomic E-state index is 14.0. The normalized spacial score (nSPS) is 15.9. The van der Waals surface area contributed by atoms with Crippen LogP contribution in [0.1, 0.15) is 54.0 Å². The van der Waals surface area contributed by atoms with Gasteiger partial charge in [-0.25, -0.2) is 9.37 Å². The topological polar surface area (TPSA) is 154 Å². The number of alkyl halides is 3. The van der Waals surface area contributed by atoms with E-state index in [2.05, 4.69) is 29.9 Å². The van der Waals surface area contributed by atoms with Gasteiger partial charge in [-0.05, 0) is 50.1 Å². The summed E-state index contributed by atoms with van der Waals surface area (Å²) in [5, 5.41) is 7.23. The number of hydrogen-bond acceptors (Lipinski definition) is 10. The number of amides is 2. The maximum Gasteiger partial charge on any atom is 0.422 e. The highest BCUT2D eigenvalue weighted by atomic mass is 19.4. The summed E-state index contributed by atoms with van der Waals surface area (Å²) in [4.78, 5) is 38.4. The first-order chi connectivity index (χ1) is 25.3. The Kier molecular flexibility index (Phi) is 5.38. The molecule has 0 unspecified atom stereocenters. The Balaban J connectivity index is 1.78. The van der Waals surface area contributed by atoms with Crippen LogP contribution in [0.3, 0.4) is 0 Å². The monoisotopic (exact) mass is 638 g/mol. The van der Waals surface area contributed by atoms with E-state index in [1.165, 1.54) is 19.2 Å². The first-order valence-corrected chi connectivity index (χ1v) is 12.3. The number of hydrogen-bond donors (Lipinski definition) is 2. The van der Waals surface area contributed by atoms with E-state index in [0.717, 1.165) is 30.5 Å². The van der Waals surface area contributed by atoms with Crippen LogP contribution in [0.2, 0.25) is 0 Å². The van der Waals surface area contributed by atoms with Crippen molar-refractivity contribution in [2.45, 2.75) is 25.4 Å². The van der Waals surface area contributed by atoms with Crippen LogP contribution in [-0.2, 0) is 5.54 Å². The number of furan rings is 1. The number of ether oxygens (including phenoxy) is 2. The van der Waals surface area contributed by atoms with Crippen LogP contribution in [0.4, 0.5) is 17.6 Å². The Morgan fingerprint density at radius 3 is 2.49 bits per heavy atom. The third-order valence-corrected chi connectivity index (χ3v) is 6.05. The number of rotatable bonds is 9. The van der Waals surface area contributed by atoms with E-state index >= 15 is 0 Å². The number of nitrogens with one attached hydrogen (secondary N) is 2. The minimum absolute atomic E-state index is 0.148. The van der Waals surface area contributed by atoms with Crippen molar-refractivity contribution in [1.82, 2.24) is 30.7 Å². The zero-order valence-electron chi connectivity index (χ0n) is 32.5. The molecule has 0 atom stereocenters. The lowest BCUT2D eigenvalue weighted by Crippen LogP contribution is -2.42. The maximum absolute atomic E-state index is 14.0. The molecule has 234 valence electrons. The molecular weight excluding hydrogens is 604 g/mol.